The van der Waals surface area contributed by atoms with Gasteiger partial charge in [-0.1, -0.05) is 36.0 Å². The molecule has 6 nitrogen and oxygen atoms in total. The Labute approximate surface area is 167 Å². The van der Waals surface area contributed by atoms with Gasteiger partial charge in [-0.3, -0.25) is 4.79 Å². The zero-order chi connectivity index (χ0) is 19.7. The summed E-state index contributed by atoms with van der Waals surface area (Å²) in [6.45, 7) is 6.08. The van der Waals surface area contributed by atoms with E-state index in [1.165, 1.54) is 0 Å². The van der Waals surface area contributed by atoms with Crippen LogP contribution in [0.1, 0.15) is 39.8 Å². The molecule has 0 bridgehead atoms. The molecule has 0 aliphatic rings. The zero-order valence-corrected chi connectivity index (χ0v) is 16.9. The minimum absolute atomic E-state index is 0.162. The molecule has 4 rings (SSSR count). The van der Waals surface area contributed by atoms with Gasteiger partial charge in [0, 0.05) is 23.6 Å². The first kappa shape index (κ1) is 18.3. The van der Waals surface area contributed by atoms with Crippen molar-refractivity contribution in [3.05, 3.63) is 64.4 Å². The van der Waals surface area contributed by atoms with E-state index in [9.17, 15) is 4.79 Å². The largest absolute Gasteiger partial charge is 0.321 e. The van der Waals surface area contributed by atoms with Crippen molar-refractivity contribution >= 4 is 28.8 Å². The summed E-state index contributed by atoms with van der Waals surface area (Å²) in [7, 11) is 0. The summed E-state index contributed by atoms with van der Waals surface area (Å²) in [5.74, 6) is -0.162. The first-order chi connectivity index (χ1) is 13.6. The van der Waals surface area contributed by atoms with E-state index in [0.717, 1.165) is 63.8 Å². The lowest BCUT2D eigenvalue weighted by Crippen LogP contribution is -2.13. The Bertz CT molecular complexity index is 1160. The number of nitrogens with zero attached hydrogens (tertiary/aromatic N) is 4. The van der Waals surface area contributed by atoms with E-state index >= 15 is 0 Å². The van der Waals surface area contributed by atoms with Gasteiger partial charge in [0.25, 0.3) is 5.91 Å². The Kier molecular flexibility index (Phi) is 4.92. The summed E-state index contributed by atoms with van der Waals surface area (Å²) >= 11 is 1.14. The molecule has 0 saturated carbocycles. The minimum Gasteiger partial charge on any atom is -0.321 e. The third-order valence-electron chi connectivity index (χ3n) is 4.71. The SMILES string of the molecule is CCCc1nnsc1C(=O)Nc1cc(-c2cn3cccc(C)c3n2)ccc1C. The van der Waals surface area contributed by atoms with Crippen LogP contribution >= 0.6 is 11.5 Å². The number of pyridine rings is 1. The van der Waals surface area contributed by atoms with E-state index in [-0.39, 0.29) is 5.91 Å². The van der Waals surface area contributed by atoms with Gasteiger partial charge in [0.05, 0.1) is 11.4 Å². The molecule has 142 valence electrons. The van der Waals surface area contributed by atoms with Gasteiger partial charge in [-0.15, -0.1) is 5.10 Å². The van der Waals surface area contributed by atoms with Gasteiger partial charge in [0.2, 0.25) is 0 Å². The number of fused-ring (bicyclic) bond motifs is 1. The number of nitrogens with one attached hydrogen (secondary N) is 1. The summed E-state index contributed by atoms with van der Waals surface area (Å²) in [4.78, 5) is 18.1. The van der Waals surface area contributed by atoms with Crippen LogP contribution in [0, 0.1) is 13.8 Å². The van der Waals surface area contributed by atoms with E-state index in [1.54, 1.807) is 0 Å². The molecule has 0 fully saturated rings. The van der Waals surface area contributed by atoms with Crippen LogP contribution in [0.15, 0.2) is 42.7 Å². The highest BCUT2D eigenvalue weighted by molar-refractivity contribution is 7.08. The molecule has 4 aromatic rings. The Hall–Kier alpha value is -3.06. The normalized spacial score (nSPS) is 11.1. The second kappa shape index (κ2) is 7.52. The van der Waals surface area contributed by atoms with Crippen LogP contribution in [0.4, 0.5) is 5.69 Å². The van der Waals surface area contributed by atoms with Crippen molar-refractivity contribution in [1.82, 2.24) is 19.0 Å². The van der Waals surface area contributed by atoms with Gasteiger partial charge >= 0.3 is 0 Å². The molecule has 0 radical (unpaired) electrons. The summed E-state index contributed by atoms with van der Waals surface area (Å²) in [6.07, 6.45) is 5.67. The number of hydrogen-bond donors (Lipinski definition) is 1. The molecule has 1 N–H and O–H groups in total. The smallest absolute Gasteiger partial charge is 0.269 e. The lowest BCUT2D eigenvalue weighted by Gasteiger charge is -2.09. The number of hydrogen-bond acceptors (Lipinski definition) is 5. The molecule has 7 heteroatoms. The van der Waals surface area contributed by atoms with E-state index in [2.05, 4.69) is 21.8 Å². The van der Waals surface area contributed by atoms with E-state index in [1.807, 2.05) is 61.0 Å². The maximum Gasteiger partial charge on any atom is 0.269 e. The van der Waals surface area contributed by atoms with Gasteiger partial charge in [-0.05, 0) is 55.1 Å². The van der Waals surface area contributed by atoms with Crippen molar-refractivity contribution < 1.29 is 4.79 Å². The molecule has 0 aliphatic carbocycles. The third-order valence-corrected chi connectivity index (χ3v) is 5.48. The fourth-order valence-corrected chi connectivity index (χ4v) is 3.77. The highest BCUT2D eigenvalue weighted by Crippen LogP contribution is 2.27. The summed E-state index contributed by atoms with van der Waals surface area (Å²) in [5.41, 5.74) is 6.41. The Morgan fingerprint density at radius 1 is 1.21 bits per heavy atom. The second-order valence-electron chi connectivity index (χ2n) is 6.83. The molecule has 1 amide bonds. The van der Waals surface area contributed by atoms with Crippen LogP contribution in [0.2, 0.25) is 0 Å². The van der Waals surface area contributed by atoms with Crippen LogP contribution in [0.25, 0.3) is 16.9 Å². The zero-order valence-electron chi connectivity index (χ0n) is 16.1. The van der Waals surface area contributed by atoms with Gasteiger partial charge < -0.3 is 9.72 Å². The molecule has 0 spiro atoms. The fraction of sp³-hybridized carbons (Fsp3) is 0.238. The number of carbonyl (C=O) groups is 1. The predicted molar refractivity (Wildman–Crippen MR) is 112 cm³/mol. The summed E-state index contributed by atoms with van der Waals surface area (Å²) in [5, 5.41) is 7.11. The minimum atomic E-state index is -0.162. The van der Waals surface area contributed by atoms with Crippen molar-refractivity contribution in [2.45, 2.75) is 33.6 Å². The van der Waals surface area contributed by atoms with E-state index in [0.29, 0.717) is 4.88 Å². The molecular formula is C21H21N5OS. The number of anilines is 1. The Morgan fingerprint density at radius 2 is 2.07 bits per heavy atom. The predicted octanol–water partition coefficient (Wildman–Crippen LogP) is 4.67. The number of rotatable bonds is 5. The average Bonchev–Trinajstić information content (AvgIpc) is 3.31. The number of amides is 1. The van der Waals surface area contributed by atoms with Gasteiger partial charge in [0.15, 0.2) is 0 Å². The van der Waals surface area contributed by atoms with Gasteiger partial charge in [-0.2, -0.15) is 0 Å². The summed E-state index contributed by atoms with van der Waals surface area (Å²) < 4.78 is 5.96. The van der Waals surface area contributed by atoms with Crippen molar-refractivity contribution in [3.8, 4) is 11.3 Å². The van der Waals surface area contributed by atoms with Crippen LogP contribution in [-0.4, -0.2) is 24.9 Å². The van der Waals surface area contributed by atoms with Crippen LogP contribution in [0.5, 0.6) is 0 Å². The topological polar surface area (TPSA) is 72.2 Å². The third kappa shape index (κ3) is 3.41. The Morgan fingerprint density at radius 3 is 2.86 bits per heavy atom. The summed E-state index contributed by atoms with van der Waals surface area (Å²) in [6, 6.07) is 10.0. The second-order valence-corrected chi connectivity index (χ2v) is 7.58. The molecule has 28 heavy (non-hydrogen) atoms. The molecular weight excluding hydrogens is 370 g/mol. The van der Waals surface area contributed by atoms with Crippen molar-refractivity contribution in [2.24, 2.45) is 0 Å². The maximum absolute atomic E-state index is 12.8. The molecule has 1 aromatic carbocycles. The highest BCUT2D eigenvalue weighted by Gasteiger charge is 2.17. The highest BCUT2D eigenvalue weighted by atomic mass is 32.1. The number of imidazole rings is 1. The number of benzene rings is 1. The standard InChI is InChI=1S/C21H21N5OS/c1-4-6-16-19(28-25-24-16)21(27)23-17-11-15(9-8-13(17)2)18-12-26-10-5-7-14(3)20(26)22-18/h5,7-12H,4,6H2,1-3H3,(H,23,27). The quantitative estimate of drug-likeness (QED) is 0.536. The van der Waals surface area contributed by atoms with Crippen LogP contribution in [0.3, 0.4) is 0 Å². The average molecular weight is 392 g/mol. The number of aryl methyl sites for hydroxylation is 3. The van der Waals surface area contributed by atoms with Crippen molar-refractivity contribution in [3.63, 3.8) is 0 Å². The lowest BCUT2D eigenvalue weighted by molar-refractivity contribution is 0.102. The number of carbonyl (C=O) groups excluding carboxylic acids is 1. The fourth-order valence-electron chi connectivity index (χ4n) is 3.17. The van der Waals surface area contributed by atoms with E-state index < -0.39 is 0 Å². The first-order valence-corrected chi connectivity index (χ1v) is 10.0. The van der Waals surface area contributed by atoms with Gasteiger partial charge in [-0.25, -0.2) is 4.98 Å². The molecule has 3 aromatic heterocycles. The van der Waals surface area contributed by atoms with Crippen LogP contribution in [-0.2, 0) is 6.42 Å². The molecule has 0 saturated heterocycles. The molecule has 3 heterocycles. The van der Waals surface area contributed by atoms with Gasteiger partial charge in [0.1, 0.15) is 10.5 Å². The van der Waals surface area contributed by atoms with Crippen molar-refractivity contribution in [1.29, 1.82) is 0 Å². The number of aromatic nitrogens is 4. The van der Waals surface area contributed by atoms with Crippen molar-refractivity contribution in [2.75, 3.05) is 5.32 Å². The molecule has 0 unspecified atom stereocenters. The molecule has 0 aliphatic heterocycles. The van der Waals surface area contributed by atoms with E-state index in [4.69, 9.17) is 4.98 Å². The molecule has 0 atom stereocenters. The first-order valence-electron chi connectivity index (χ1n) is 9.24. The monoisotopic (exact) mass is 391 g/mol. The maximum atomic E-state index is 12.8. The Balaban J connectivity index is 1.66. The van der Waals surface area contributed by atoms with Crippen LogP contribution < -0.4 is 5.32 Å². The lowest BCUT2D eigenvalue weighted by atomic mass is 10.1.